The summed E-state index contributed by atoms with van der Waals surface area (Å²) in [6, 6.07) is 41.3. The van der Waals surface area contributed by atoms with E-state index in [1.54, 1.807) is 0 Å². The third-order valence-electron chi connectivity index (χ3n) is 8.13. The number of para-hydroxylation sites is 2. The lowest BCUT2D eigenvalue weighted by molar-refractivity contribution is 1.05. The van der Waals surface area contributed by atoms with Gasteiger partial charge in [0.1, 0.15) is 0 Å². The first kappa shape index (κ1) is 24.2. The minimum Gasteiger partial charge on any atom is -0.309 e. The molecule has 42 heavy (non-hydrogen) atoms. The number of fused-ring (bicyclic) bond motifs is 8. The fourth-order valence-corrected chi connectivity index (χ4v) is 6.25. The van der Waals surface area contributed by atoms with E-state index in [1.807, 2.05) is 43.6 Å². The zero-order chi connectivity index (χ0) is 28.0. The van der Waals surface area contributed by atoms with Crippen LogP contribution in [-0.4, -0.2) is 14.2 Å². The van der Waals surface area contributed by atoms with Gasteiger partial charge in [-0.1, -0.05) is 78.9 Å². The molecule has 0 fully saturated rings. The monoisotopic (exact) mass is 540 g/mol. The first-order valence-electron chi connectivity index (χ1n) is 14.3. The molecule has 0 aliphatic rings. The molecule has 0 amide bonds. The van der Waals surface area contributed by atoms with Gasteiger partial charge >= 0.3 is 0 Å². The Bertz CT molecular complexity index is 2340. The molecule has 0 spiro atoms. The van der Waals surface area contributed by atoms with Gasteiger partial charge in [0.15, 0.2) is 0 Å². The molecule has 3 aromatic heterocycles. The fourth-order valence-electron chi connectivity index (χ4n) is 6.25. The Morgan fingerprint density at radius 1 is 0.619 bits per heavy atom. The highest BCUT2D eigenvalue weighted by molar-refractivity contribution is 6.20. The molecule has 0 saturated heterocycles. The second kappa shape index (κ2) is 9.79. The Labute approximate surface area is 243 Å². The van der Waals surface area contributed by atoms with E-state index in [4.69, 9.17) is 4.98 Å². The number of benzene rings is 5. The van der Waals surface area contributed by atoms with Crippen LogP contribution in [0.3, 0.4) is 0 Å². The second-order valence-electron chi connectivity index (χ2n) is 10.5. The average Bonchev–Trinajstić information content (AvgIpc) is 3.55. The van der Waals surface area contributed by atoms with Crippen molar-refractivity contribution in [2.45, 2.75) is 6.92 Å². The highest BCUT2D eigenvalue weighted by Crippen LogP contribution is 2.39. The summed E-state index contributed by atoms with van der Waals surface area (Å²) in [7, 11) is 0. The van der Waals surface area contributed by atoms with Gasteiger partial charge in [-0.3, -0.25) is 9.66 Å². The van der Waals surface area contributed by atoms with E-state index < -0.39 is 0 Å². The fraction of sp³-hybridized carbons (Fsp3) is 0.0263. The van der Waals surface area contributed by atoms with Gasteiger partial charge in [0, 0.05) is 45.0 Å². The van der Waals surface area contributed by atoms with Crippen molar-refractivity contribution in [2.24, 2.45) is 0 Å². The van der Waals surface area contributed by atoms with Crippen molar-refractivity contribution >= 4 is 54.5 Å². The molecule has 4 nitrogen and oxygen atoms in total. The van der Waals surface area contributed by atoms with Gasteiger partial charge in [-0.25, -0.2) is 0 Å². The number of hydrogen-bond donors (Lipinski definition) is 1. The van der Waals surface area contributed by atoms with E-state index in [2.05, 4.69) is 124 Å². The summed E-state index contributed by atoms with van der Waals surface area (Å²) in [6.45, 7) is 2.02. The molecule has 0 radical (unpaired) electrons. The van der Waals surface area contributed by atoms with Crippen LogP contribution in [0, 0.1) is 0 Å². The van der Waals surface area contributed by atoms with Gasteiger partial charge in [0.25, 0.3) is 0 Å². The third-order valence-corrected chi connectivity index (χ3v) is 8.13. The summed E-state index contributed by atoms with van der Waals surface area (Å²) in [5, 5.41) is 5.98. The molecule has 4 heteroatoms. The van der Waals surface area contributed by atoms with Crippen LogP contribution < -0.4 is 5.43 Å². The summed E-state index contributed by atoms with van der Waals surface area (Å²) in [6.07, 6.45) is 9.90. The predicted octanol–water partition coefficient (Wildman–Crippen LogP) is 9.74. The second-order valence-corrected chi connectivity index (χ2v) is 10.5. The van der Waals surface area contributed by atoms with Crippen molar-refractivity contribution in [3.63, 3.8) is 0 Å². The normalized spacial score (nSPS) is 12.2. The van der Waals surface area contributed by atoms with Crippen LogP contribution in [-0.2, 0) is 0 Å². The highest BCUT2D eigenvalue weighted by atomic mass is 15.4. The van der Waals surface area contributed by atoms with Crippen LogP contribution >= 0.6 is 0 Å². The molecule has 0 bridgehead atoms. The van der Waals surface area contributed by atoms with Gasteiger partial charge < -0.3 is 9.99 Å². The molecule has 0 atom stereocenters. The summed E-state index contributed by atoms with van der Waals surface area (Å²) in [5.41, 5.74) is 12.6. The maximum atomic E-state index is 4.81. The molecule has 1 N–H and O–H groups in total. The molecule has 5 aromatic carbocycles. The molecule has 3 heterocycles. The van der Waals surface area contributed by atoms with E-state index in [-0.39, 0.29) is 0 Å². The number of pyridine rings is 1. The molecule has 0 aliphatic heterocycles. The zero-order valence-electron chi connectivity index (χ0n) is 23.2. The van der Waals surface area contributed by atoms with Crippen LogP contribution in [0.2, 0.25) is 0 Å². The maximum absolute atomic E-state index is 4.81. The number of aromatic nitrogens is 3. The van der Waals surface area contributed by atoms with Gasteiger partial charge in [-0.2, -0.15) is 0 Å². The molecule has 8 aromatic rings. The van der Waals surface area contributed by atoms with Crippen LogP contribution in [0.5, 0.6) is 0 Å². The van der Waals surface area contributed by atoms with Crippen LogP contribution in [0.25, 0.3) is 71.3 Å². The number of nitrogens with one attached hydrogen (secondary N) is 1. The molecular weight excluding hydrogens is 512 g/mol. The Morgan fingerprint density at radius 3 is 2.31 bits per heavy atom. The Balaban J connectivity index is 1.36. The molecule has 200 valence electrons. The largest absolute Gasteiger partial charge is 0.309 e. The first-order chi connectivity index (χ1) is 20.8. The highest BCUT2D eigenvalue weighted by Gasteiger charge is 2.17. The van der Waals surface area contributed by atoms with Gasteiger partial charge in [0.2, 0.25) is 0 Å². The average molecular weight is 541 g/mol. The SMILES string of the molecule is C/C=C\C=C/Nn1c2ccccc2c2cc(-c3ccc4c5c6ncccc6ccc5n(-c5ccccc5)c4c3)ccc21. The lowest BCUT2D eigenvalue weighted by Crippen LogP contribution is -2.06. The molecule has 0 aliphatic carbocycles. The lowest BCUT2D eigenvalue weighted by Gasteiger charge is -2.10. The number of allylic oxidation sites excluding steroid dienone is 3. The standard InChI is InChI=1S/C38H28N4/c1-2-3-9-23-40-42-33-15-8-7-14-30(33)32-24-27(18-20-34(32)42)28-16-19-31-36(25-28)41(29-12-5-4-6-13-29)35-21-17-26-11-10-22-39-38(26)37(31)35/h2-25,40H,1H3/b3-2-,23-9-. The number of hydrogen-bond acceptors (Lipinski definition) is 2. The Kier molecular flexibility index (Phi) is 5.64. The maximum Gasteiger partial charge on any atom is 0.0802 e. The Hall–Kier alpha value is -5.61. The van der Waals surface area contributed by atoms with Crippen molar-refractivity contribution in [3.05, 3.63) is 146 Å². The van der Waals surface area contributed by atoms with Crippen LogP contribution in [0.1, 0.15) is 6.92 Å². The van der Waals surface area contributed by atoms with Crippen molar-refractivity contribution in [2.75, 3.05) is 5.43 Å². The topological polar surface area (TPSA) is 34.8 Å². The lowest BCUT2D eigenvalue weighted by atomic mass is 10.0. The smallest absolute Gasteiger partial charge is 0.0802 e. The minimum absolute atomic E-state index is 1.03. The van der Waals surface area contributed by atoms with E-state index >= 15 is 0 Å². The van der Waals surface area contributed by atoms with Crippen molar-refractivity contribution in [3.8, 4) is 16.8 Å². The number of nitrogens with zero attached hydrogens (tertiary/aromatic N) is 3. The van der Waals surface area contributed by atoms with E-state index in [9.17, 15) is 0 Å². The van der Waals surface area contributed by atoms with Crippen molar-refractivity contribution in [1.29, 1.82) is 0 Å². The molecule has 0 saturated carbocycles. The van der Waals surface area contributed by atoms with E-state index in [1.165, 1.54) is 38.2 Å². The van der Waals surface area contributed by atoms with Crippen LogP contribution in [0.4, 0.5) is 0 Å². The Morgan fingerprint density at radius 2 is 1.40 bits per heavy atom. The van der Waals surface area contributed by atoms with E-state index in [0.717, 1.165) is 33.1 Å². The predicted molar refractivity (Wildman–Crippen MR) is 178 cm³/mol. The van der Waals surface area contributed by atoms with Gasteiger partial charge in [-0.15, -0.1) is 0 Å². The van der Waals surface area contributed by atoms with E-state index in [0.29, 0.717) is 0 Å². The summed E-state index contributed by atoms with van der Waals surface area (Å²) >= 11 is 0. The summed E-state index contributed by atoms with van der Waals surface area (Å²) < 4.78 is 4.52. The zero-order valence-corrected chi connectivity index (χ0v) is 23.2. The van der Waals surface area contributed by atoms with Gasteiger partial charge in [-0.05, 0) is 72.7 Å². The van der Waals surface area contributed by atoms with Crippen LogP contribution in [0.15, 0.2) is 146 Å². The van der Waals surface area contributed by atoms with Gasteiger partial charge in [0.05, 0.1) is 27.6 Å². The molecular formula is C38H28N4. The molecule has 8 rings (SSSR count). The quantitative estimate of drug-likeness (QED) is 0.221. The first-order valence-corrected chi connectivity index (χ1v) is 14.3. The molecule has 0 unspecified atom stereocenters. The minimum atomic E-state index is 1.03. The van der Waals surface area contributed by atoms with Crippen molar-refractivity contribution in [1.82, 2.24) is 14.2 Å². The third kappa shape index (κ3) is 3.73. The summed E-state index contributed by atoms with van der Waals surface area (Å²) in [4.78, 5) is 4.81. The van der Waals surface area contributed by atoms with Crippen molar-refractivity contribution < 1.29 is 0 Å². The summed E-state index contributed by atoms with van der Waals surface area (Å²) in [5.74, 6) is 0. The number of rotatable bonds is 5.